The summed E-state index contributed by atoms with van der Waals surface area (Å²) >= 11 is 0. The molecule has 1 amide bonds. The van der Waals surface area contributed by atoms with Crippen LogP contribution in [-0.2, 0) is 4.79 Å². The van der Waals surface area contributed by atoms with Gasteiger partial charge < -0.3 is 18.9 Å². The van der Waals surface area contributed by atoms with E-state index in [-0.39, 0.29) is 18.4 Å². The van der Waals surface area contributed by atoms with Crippen LogP contribution in [0.1, 0.15) is 30.1 Å². The number of rotatable bonds is 6. The number of benzene rings is 2. The van der Waals surface area contributed by atoms with Crippen molar-refractivity contribution in [2.45, 2.75) is 25.7 Å². The van der Waals surface area contributed by atoms with Gasteiger partial charge in [0.25, 0.3) is 11.8 Å². The third-order valence-corrected chi connectivity index (χ3v) is 5.35. The Morgan fingerprint density at radius 1 is 1.13 bits per heavy atom. The predicted molar refractivity (Wildman–Crippen MR) is 112 cm³/mol. The minimum absolute atomic E-state index is 0.000735. The van der Waals surface area contributed by atoms with E-state index >= 15 is 0 Å². The van der Waals surface area contributed by atoms with E-state index in [1.165, 1.54) is 0 Å². The van der Waals surface area contributed by atoms with E-state index in [9.17, 15) is 4.79 Å². The summed E-state index contributed by atoms with van der Waals surface area (Å²) in [6.45, 7) is 3.38. The van der Waals surface area contributed by atoms with E-state index in [0.717, 1.165) is 29.7 Å². The van der Waals surface area contributed by atoms with Crippen molar-refractivity contribution < 1.29 is 18.8 Å². The molecule has 1 fully saturated rings. The number of piperidine rings is 1. The van der Waals surface area contributed by atoms with Gasteiger partial charge in [0, 0.05) is 24.6 Å². The summed E-state index contributed by atoms with van der Waals surface area (Å²) in [5, 5.41) is 4.17. The van der Waals surface area contributed by atoms with Crippen molar-refractivity contribution in [3.63, 3.8) is 0 Å². The molecule has 3 aromatic rings. The summed E-state index contributed by atoms with van der Waals surface area (Å²) in [4.78, 5) is 18.9. The lowest BCUT2D eigenvalue weighted by molar-refractivity contribution is -0.134. The predicted octanol–water partition coefficient (Wildman–Crippen LogP) is 3.84. The minimum Gasteiger partial charge on any atom is -0.497 e. The molecule has 1 aliphatic rings. The first-order chi connectivity index (χ1) is 14.6. The lowest BCUT2D eigenvalue weighted by Gasteiger charge is -2.30. The quantitative estimate of drug-likeness (QED) is 0.618. The van der Waals surface area contributed by atoms with E-state index in [4.69, 9.17) is 14.0 Å². The summed E-state index contributed by atoms with van der Waals surface area (Å²) in [5.41, 5.74) is 1.99. The molecule has 30 heavy (non-hydrogen) atoms. The second-order valence-corrected chi connectivity index (χ2v) is 7.45. The molecule has 1 saturated heterocycles. The molecule has 0 N–H and O–H groups in total. The number of hydrogen-bond acceptors (Lipinski definition) is 6. The molecule has 0 atom stereocenters. The van der Waals surface area contributed by atoms with Crippen LogP contribution in [-0.4, -0.2) is 47.8 Å². The van der Waals surface area contributed by atoms with Gasteiger partial charge in [0.05, 0.1) is 7.11 Å². The van der Waals surface area contributed by atoms with Crippen LogP contribution in [0.4, 0.5) is 0 Å². The SMILES string of the molecule is COc1cccc(-c2nc(C3CCN(C(=O)COc4ccc(C)cc4)CC3)no2)c1. The molecule has 1 aliphatic heterocycles. The molecule has 4 rings (SSSR count). The number of likely N-dealkylation sites (tertiary alicyclic amines) is 1. The fourth-order valence-electron chi connectivity index (χ4n) is 3.53. The van der Waals surface area contributed by atoms with Gasteiger partial charge in [-0.3, -0.25) is 4.79 Å². The zero-order valence-corrected chi connectivity index (χ0v) is 17.2. The Morgan fingerprint density at radius 2 is 1.90 bits per heavy atom. The van der Waals surface area contributed by atoms with Gasteiger partial charge in [-0.15, -0.1) is 0 Å². The number of hydrogen-bond donors (Lipinski definition) is 0. The summed E-state index contributed by atoms with van der Waals surface area (Å²) in [5.74, 6) is 2.80. The Bertz CT molecular complexity index is 992. The first kappa shape index (κ1) is 19.9. The van der Waals surface area contributed by atoms with Gasteiger partial charge in [0.15, 0.2) is 12.4 Å². The number of ether oxygens (including phenoxy) is 2. The molecule has 156 valence electrons. The zero-order valence-electron chi connectivity index (χ0n) is 17.2. The number of aromatic nitrogens is 2. The molecule has 0 aliphatic carbocycles. The fourth-order valence-corrected chi connectivity index (χ4v) is 3.53. The van der Waals surface area contributed by atoms with Gasteiger partial charge >= 0.3 is 0 Å². The van der Waals surface area contributed by atoms with Gasteiger partial charge in [-0.2, -0.15) is 4.98 Å². The lowest BCUT2D eigenvalue weighted by Crippen LogP contribution is -2.40. The van der Waals surface area contributed by atoms with Crippen LogP contribution in [0.2, 0.25) is 0 Å². The maximum Gasteiger partial charge on any atom is 0.260 e. The van der Waals surface area contributed by atoms with Crippen molar-refractivity contribution in [3.05, 3.63) is 59.9 Å². The van der Waals surface area contributed by atoms with Crippen molar-refractivity contribution in [1.82, 2.24) is 15.0 Å². The molecule has 7 nitrogen and oxygen atoms in total. The summed E-state index contributed by atoms with van der Waals surface area (Å²) in [6.07, 6.45) is 1.60. The van der Waals surface area contributed by atoms with Crippen molar-refractivity contribution in [3.8, 4) is 23.0 Å². The normalized spacial score (nSPS) is 14.5. The third-order valence-electron chi connectivity index (χ3n) is 5.35. The van der Waals surface area contributed by atoms with Gasteiger partial charge in [0.1, 0.15) is 11.5 Å². The van der Waals surface area contributed by atoms with Crippen LogP contribution in [0.25, 0.3) is 11.5 Å². The van der Waals surface area contributed by atoms with E-state index in [1.807, 2.05) is 60.4 Å². The Labute approximate surface area is 175 Å². The van der Waals surface area contributed by atoms with Crippen molar-refractivity contribution in [2.75, 3.05) is 26.8 Å². The van der Waals surface area contributed by atoms with Gasteiger partial charge in [0.2, 0.25) is 0 Å². The first-order valence-corrected chi connectivity index (χ1v) is 10.1. The van der Waals surface area contributed by atoms with Crippen LogP contribution in [0.3, 0.4) is 0 Å². The Morgan fingerprint density at radius 3 is 2.63 bits per heavy atom. The third kappa shape index (κ3) is 4.62. The average molecular weight is 407 g/mol. The molecule has 0 bridgehead atoms. The maximum atomic E-state index is 12.5. The standard InChI is InChI=1S/C23H25N3O4/c1-16-6-8-19(9-7-16)29-15-21(27)26-12-10-17(11-13-26)22-24-23(30-25-22)18-4-3-5-20(14-18)28-2/h3-9,14,17H,10-13,15H2,1-2H3. The van der Waals surface area contributed by atoms with Crippen LogP contribution >= 0.6 is 0 Å². The number of carbonyl (C=O) groups excluding carboxylic acids is 1. The number of methoxy groups -OCH3 is 1. The van der Waals surface area contributed by atoms with E-state index < -0.39 is 0 Å². The number of aryl methyl sites for hydroxylation is 1. The molecule has 1 aromatic heterocycles. The molecule has 2 heterocycles. The van der Waals surface area contributed by atoms with Gasteiger partial charge in [-0.1, -0.05) is 28.9 Å². The highest BCUT2D eigenvalue weighted by Gasteiger charge is 2.27. The molecular weight excluding hydrogens is 382 g/mol. The van der Waals surface area contributed by atoms with Crippen molar-refractivity contribution >= 4 is 5.91 Å². The zero-order chi connectivity index (χ0) is 20.9. The van der Waals surface area contributed by atoms with Crippen LogP contribution in [0.15, 0.2) is 53.1 Å². The van der Waals surface area contributed by atoms with Gasteiger partial charge in [-0.25, -0.2) is 0 Å². The van der Waals surface area contributed by atoms with Crippen LogP contribution in [0.5, 0.6) is 11.5 Å². The van der Waals surface area contributed by atoms with E-state index in [0.29, 0.717) is 30.6 Å². The van der Waals surface area contributed by atoms with Gasteiger partial charge in [-0.05, 0) is 50.1 Å². The molecule has 0 spiro atoms. The van der Waals surface area contributed by atoms with E-state index in [1.54, 1.807) is 7.11 Å². The summed E-state index contributed by atoms with van der Waals surface area (Å²) in [7, 11) is 1.62. The average Bonchev–Trinajstić information content (AvgIpc) is 3.29. The highest BCUT2D eigenvalue weighted by atomic mass is 16.5. The highest BCUT2D eigenvalue weighted by Crippen LogP contribution is 2.29. The number of nitrogens with zero attached hydrogens (tertiary/aromatic N) is 3. The smallest absolute Gasteiger partial charge is 0.260 e. The summed E-state index contributed by atoms with van der Waals surface area (Å²) < 4.78 is 16.3. The monoisotopic (exact) mass is 407 g/mol. The largest absolute Gasteiger partial charge is 0.497 e. The van der Waals surface area contributed by atoms with E-state index in [2.05, 4.69) is 10.1 Å². The fraction of sp³-hybridized carbons (Fsp3) is 0.348. The summed E-state index contributed by atoms with van der Waals surface area (Å²) in [6, 6.07) is 15.2. The Balaban J connectivity index is 1.30. The number of amides is 1. The Kier molecular flexibility index (Phi) is 5.97. The van der Waals surface area contributed by atoms with Crippen molar-refractivity contribution in [1.29, 1.82) is 0 Å². The topological polar surface area (TPSA) is 77.7 Å². The van der Waals surface area contributed by atoms with Crippen LogP contribution in [0, 0.1) is 6.92 Å². The molecule has 2 aromatic carbocycles. The second-order valence-electron chi connectivity index (χ2n) is 7.45. The molecular formula is C23H25N3O4. The molecule has 7 heteroatoms. The molecule has 0 unspecified atom stereocenters. The highest BCUT2D eigenvalue weighted by molar-refractivity contribution is 5.77. The Hall–Kier alpha value is -3.35. The van der Waals surface area contributed by atoms with Crippen LogP contribution < -0.4 is 9.47 Å². The maximum absolute atomic E-state index is 12.5. The lowest BCUT2D eigenvalue weighted by atomic mass is 9.96. The first-order valence-electron chi connectivity index (χ1n) is 10.1. The van der Waals surface area contributed by atoms with Crippen molar-refractivity contribution in [2.24, 2.45) is 0 Å². The molecule has 0 saturated carbocycles. The number of carbonyl (C=O) groups is 1. The second kappa shape index (κ2) is 8.98. The molecule has 0 radical (unpaired) electrons. The minimum atomic E-state index is -0.000735.